The molecule has 0 amide bonds. The highest BCUT2D eigenvalue weighted by atomic mass is 16.5. The molecule has 0 saturated heterocycles. The zero-order valence-electron chi connectivity index (χ0n) is 15.8. The van der Waals surface area contributed by atoms with Gasteiger partial charge in [0.1, 0.15) is 12.4 Å². The lowest BCUT2D eigenvalue weighted by molar-refractivity contribution is -0.115. The second kappa shape index (κ2) is 8.78. The molecule has 3 rings (SSSR count). The van der Waals surface area contributed by atoms with E-state index in [1.165, 1.54) is 0 Å². The molecule has 27 heavy (non-hydrogen) atoms. The minimum atomic E-state index is -0.0706. The van der Waals surface area contributed by atoms with Crippen LogP contribution in [0.2, 0.25) is 0 Å². The van der Waals surface area contributed by atoms with Crippen molar-refractivity contribution >= 4 is 12.1 Å². The van der Waals surface area contributed by atoms with Gasteiger partial charge in [0.05, 0.1) is 5.56 Å². The highest BCUT2D eigenvalue weighted by Crippen LogP contribution is 2.32. The molecule has 4 nitrogen and oxygen atoms in total. The fourth-order valence-electron chi connectivity index (χ4n) is 3.40. The minimum absolute atomic E-state index is 0.0706. The first-order valence-electron chi connectivity index (χ1n) is 9.26. The van der Waals surface area contributed by atoms with Crippen LogP contribution in [-0.4, -0.2) is 18.6 Å². The maximum absolute atomic E-state index is 12.2. The molecular weight excluding hydrogens is 338 g/mol. The number of hydrogen-bond donors (Lipinski definition) is 1. The maximum Gasteiger partial charge on any atom is 0.157 e. The zero-order valence-corrected chi connectivity index (χ0v) is 15.8. The Bertz CT molecular complexity index is 851. The lowest BCUT2D eigenvalue weighted by atomic mass is 9.89. The summed E-state index contributed by atoms with van der Waals surface area (Å²) < 4.78 is 5.92. The van der Waals surface area contributed by atoms with E-state index >= 15 is 0 Å². The zero-order chi connectivity index (χ0) is 19.2. The third kappa shape index (κ3) is 4.92. The van der Waals surface area contributed by atoms with Gasteiger partial charge in [0.25, 0.3) is 0 Å². The van der Waals surface area contributed by atoms with Crippen LogP contribution in [0.4, 0.5) is 0 Å². The Hall–Kier alpha value is -2.72. The molecule has 1 heterocycles. The highest BCUT2D eigenvalue weighted by molar-refractivity contribution is 5.91. The number of hydrogen-bond acceptors (Lipinski definition) is 4. The van der Waals surface area contributed by atoms with Crippen LogP contribution in [-0.2, 0) is 17.8 Å². The quantitative estimate of drug-likeness (QED) is 0.592. The van der Waals surface area contributed by atoms with Crippen LogP contribution in [0, 0.1) is 0 Å². The number of benzene rings is 2. The first-order chi connectivity index (χ1) is 13.1. The van der Waals surface area contributed by atoms with Gasteiger partial charge in [-0.2, -0.15) is 0 Å². The van der Waals surface area contributed by atoms with E-state index in [4.69, 9.17) is 4.74 Å². The second-order valence-corrected chi connectivity index (χ2v) is 7.13. The van der Waals surface area contributed by atoms with Crippen LogP contribution in [0.15, 0.2) is 54.1 Å². The SMILES string of the molecule is CC(C)=CC(=O)CC1NCCc2cc(OCc3ccccc3)c(C=O)cc21. The summed E-state index contributed by atoms with van der Waals surface area (Å²) in [5.41, 5.74) is 4.73. The molecule has 0 aliphatic carbocycles. The van der Waals surface area contributed by atoms with E-state index in [0.29, 0.717) is 24.3 Å². The monoisotopic (exact) mass is 363 g/mol. The number of ether oxygens (including phenoxy) is 1. The van der Waals surface area contributed by atoms with Crippen LogP contribution in [0.25, 0.3) is 0 Å². The van der Waals surface area contributed by atoms with E-state index in [1.54, 1.807) is 6.08 Å². The van der Waals surface area contributed by atoms with Crippen LogP contribution < -0.4 is 10.1 Å². The Morgan fingerprint density at radius 3 is 2.70 bits per heavy atom. The molecule has 1 atom stereocenters. The molecular formula is C23H25NO3. The van der Waals surface area contributed by atoms with Crippen molar-refractivity contribution in [1.82, 2.24) is 5.32 Å². The van der Waals surface area contributed by atoms with Gasteiger partial charge < -0.3 is 10.1 Å². The van der Waals surface area contributed by atoms with Gasteiger partial charge in [0.15, 0.2) is 12.1 Å². The summed E-state index contributed by atoms with van der Waals surface area (Å²) in [5, 5.41) is 3.40. The van der Waals surface area contributed by atoms with Gasteiger partial charge in [-0.05, 0) is 61.7 Å². The van der Waals surface area contributed by atoms with E-state index in [2.05, 4.69) is 5.32 Å². The van der Waals surface area contributed by atoms with Crippen molar-refractivity contribution in [2.24, 2.45) is 0 Å². The lowest BCUT2D eigenvalue weighted by Crippen LogP contribution is -2.31. The molecule has 2 aromatic rings. The number of carbonyl (C=O) groups is 2. The Morgan fingerprint density at radius 1 is 1.22 bits per heavy atom. The number of aldehydes is 1. The molecule has 0 bridgehead atoms. The summed E-state index contributed by atoms with van der Waals surface area (Å²) in [6.07, 6.45) is 3.74. The van der Waals surface area contributed by atoms with Gasteiger partial charge in [0.2, 0.25) is 0 Å². The van der Waals surface area contributed by atoms with Crippen LogP contribution >= 0.6 is 0 Å². The van der Waals surface area contributed by atoms with E-state index in [1.807, 2.05) is 56.3 Å². The Balaban J connectivity index is 1.82. The second-order valence-electron chi connectivity index (χ2n) is 7.13. The Kier molecular flexibility index (Phi) is 6.20. The maximum atomic E-state index is 12.2. The number of carbonyl (C=O) groups excluding carboxylic acids is 2. The molecule has 2 aromatic carbocycles. The molecule has 0 radical (unpaired) electrons. The third-order valence-electron chi connectivity index (χ3n) is 4.65. The average Bonchev–Trinajstić information content (AvgIpc) is 2.66. The number of allylic oxidation sites excluding steroid dienone is 2. The summed E-state index contributed by atoms with van der Waals surface area (Å²) in [6.45, 7) is 5.06. The van der Waals surface area contributed by atoms with Crippen LogP contribution in [0.1, 0.15) is 53.4 Å². The fraction of sp³-hybridized carbons (Fsp3) is 0.304. The molecule has 4 heteroatoms. The normalized spacial score (nSPS) is 15.6. The van der Waals surface area contributed by atoms with Crippen molar-refractivity contribution in [3.05, 3.63) is 76.4 Å². The predicted molar refractivity (Wildman–Crippen MR) is 106 cm³/mol. The van der Waals surface area contributed by atoms with E-state index < -0.39 is 0 Å². The summed E-state index contributed by atoms with van der Waals surface area (Å²) in [5.74, 6) is 0.696. The predicted octanol–water partition coefficient (Wildman–Crippen LogP) is 4.19. The third-order valence-corrected chi connectivity index (χ3v) is 4.65. The first-order valence-corrected chi connectivity index (χ1v) is 9.26. The first kappa shape index (κ1) is 19.1. The summed E-state index contributed by atoms with van der Waals surface area (Å²) in [4.78, 5) is 23.8. The molecule has 0 saturated carbocycles. The van der Waals surface area contributed by atoms with Crippen molar-refractivity contribution in [2.45, 2.75) is 39.3 Å². The molecule has 1 aliphatic rings. The summed E-state index contributed by atoms with van der Waals surface area (Å²) in [6, 6.07) is 13.6. The fourth-order valence-corrected chi connectivity index (χ4v) is 3.40. The van der Waals surface area contributed by atoms with Gasteiger partial charge in [-0.3, -0.25) is 9.59 Å². The van der Waals surface area contributed by atoms with Crippen molar-refractivity contribution in [2.75, 3.05) is 6.54 Å². The Morgan fingerprint density at radius 2 is 2.00 bits per heavy atom. The molecule has 0 aromatic heterocycles. The van der Waals surface area contributed by atoms with Crippen molar-refractivity contribution in [3.8, 4) is 5.75 Å². The molecule has 0 spiro atoms. The van der Waals surface area contributed by atoms with E-state index in [-0.39, 0.29) is 11.8 Å². The number of rotatable bonds is 7. The Labute approximate surface area is 160 Å². The molecule has 1 aliphatic heterocycles. The number of nitrogens with one attached hydrogen (secondary N) is 1. The summed E-state index contributed by atoms with van der Waals surface area (Å²) in [7, 11) is 0. The van der Waals surface area contributed by atoms with Gasteiger partial charge >= 0.3 is 0 Å². The number of ketones is 1. The average molecular weight is 363 g/mol. The van der Waals surface area contributed by atoms with E-state index in [0.717, 1.165) is 41.5 Å². The highest BCUT2D eigenvalue weighted by Gasteiger charge is 2.23. The van der Waals surface area contributed by atoms with Gasteiger partial charge in [0, 0.05) is 12.5 Å². The van der Waals surface area contributed by atoms with Crippen LogP contribution in [0.3, 0.4) is 0 Å². The summed E-state index contributed by atoms with van der Waals surface area (Å²) >= 11 is 0. The molecule has 1 N–H and O–H groups in total. The van der Waals surface area contributed by atoms with E-state index in [9.17, 15) is 9.59 Å². The van der Waals surface area contributed by atoms with Crippen molar-refractivity contribution < 1.29 is 14.3 Å². The standard InChI is InChI=1S/C23H25NO3/c1-16(2)10-20(26)13-22-21-11-19(14-25)23(12-18(21)8-9-24-22)27-15-17-6-4-3-5-7-17/h3-7,10-12,14,22,24H,8-9,13,15H2,1-2H3. The van der Waals surface area contributed by atoms with Crippen molar-refractivity contribution in [3.63, 3.8) is 0 Å². The van der Waals surface area contributed by atoms with Gasteiger partial charge in [-0.15, -0.1) is 0 Å². The van der Waals surface area contributed by atoms with Crippen molar-refractivity contribution in [1.29, 1.82) is 0 Å². The van der Waals surface area contributed by atoms with Crippen LogP contribution in [0.5, 0.6) is 5.75 Å². The molecule has 1 unspecified atom stereocenters. The smallest absolute Gasteiger partial charge is 0.157 e. The number of fused-ring (bicyclic) bond motifs is 1. The van der Waals surface area contributed by atoms with Gasteiger partial charge in [-0.25, -0.2) is 0 Å². The minimum Gasteiger partial charge on any atom is -0.488 e. The molecule has 140 valence electrons. The van der Waals surface area contributed by atoms with Gasteiger partial charge in [-0.1, -0.05) is 35.9 Å². The topological polar surface area (TPSA) is 55.4 Å². The lowest BCUT2D eigenvalue weighted by Gasteiger charge is -2.27. The largest absolute Gasteiger partial charge is 0.488 e. The molecule has 0 fully saturated rings.